The van der Waals surface area contributed by atoms with Crippen LogP contribution in [0, 0.1) is 0 Å². The number of allylic oxidation sites excluding steroid dienone is 4. The number of hydrogen-bond donors (Lipinski definition) is 0. The zero-order chi connectivity index (χ0) is 11.5. The summed E-state index contributed by atoms with van der Waals surface area (Å²) in [6, 6.07) is 7.86. The Morgan fingerprint density at radius 1 is 1.44 bits per heavy atom. The molecule has 0 spiro atoms. The van der Waals surface area contributed by atoms with Gasteiger partial charge < -0.3 is 4.74 Å². The maximum atomic E-state index is 12.5. The second-order valence-electron chi connectivity index (χ2n) is 3.81. The highest BCUT2D eigenvalue weighted by atomic mass is 19.1. The fraction of sp³-hybridized carbons (Fsp3) is 0.143. The van der Waals surface area contributed by atoms with Crippen molar-refractivity contribution in [3.8, 4) is 5.75 Å². The minimum absolute atomic E-state index is 0.470. The molecule has 0 N–H and O–H groups in total. The molecule has 0 saturated carbocycles. The number of rotatable bonds is 2. The second-order valence-corrected chi connectivity index (χ2v) is 3.81. The van der Waals surface area contributed by atoms with Crippen molar-refractivity contribution in [3.63, 3.8) is 0 Å². The Bertz CT molecular complexity index is 483. The van der Waals surface area contributed by atoms with Gasteiger partial charge in [0.2, 0.25) is 0 Å². The van der Waals surface area contributed by atoms with Crippen molar-refractivity contribution in [2.75, 3.05) is 0 Å². The first-order chi connectivity index (χ1) is 7.66. The molecule has 1 aliphatic heterocycles. The fourth-order valence-corrected chi connectivity index (χ4v) is 1.67. The molecule has 2 heteroatoms. The van der Waals surface area contributed by atoms with Gasteiger partial charge in [0.1, 0.15) is 17.3 Å². The van der Waals surface area contributed by atoms with E-state index >= 15 is 0 Å². The Morgan fingerprint density at radius 3 is 2.94 bits per heavy atom. The first kappa shape index (κ1) is 10.7. The van der Waals surface area contributed by atoms with Gasteiger partial charge in [-0.25, -0.2) is 4.39 Å². The normalized spacial score (nSPS) is 14.9. The number of ether oxygens (including phenoxy) is 1. The van der Waals surface area contributed by atoms with Gasteiger partial charge in [0.25, 0.3) is 0 Å². The van der Waals surface area contributed by atoms with E-state index in [9.17, 15) is 4.39 Å². The standard InChI is InChI=1S/C14H13FO/c1-10-9-12-5-3-4-6-14(12)16-13(10)8-7-11(2)15/h3-8H,2,9H2,1H3/b8-7-. The molecular formula is C14H13FO. The molecule has 1 heterocycles. The first-order valence-electron chi connectivity index (χ1n) is 5.15. The van der Waals surface area contributed by atoms with Crippen molar-refractivity contribution >= 4 is 0 Å². The number of benzene rings is 1. The minimum Gasteiger partial charge on any atom is -0.457 e. The number of hydrogen-bond acceptors (Lipinski definition) is 1. The Hall–Kier alpha value is -1.83. The predicted molar refractivity (Wildman–Crippen MR) is 62.9 cm³/mol. The molecule has 82 valence electrons. The molecule has 1 aliphatic rings. The van der Waals surface area contributed by atoms with Crippen LogP contribution in [0.3, 0.4) is 0 Å². The predicted octanol–water partition coefficient (Wildman–Crippen LogP) is 3.93. The zero-order valence-corrected chi connectivity index (χ0v) is 9.16. The minimum atomic E-state index is -0.470. The summed E-state index contributed by atoms with van der Waals surface area (Å²) in [7, 11) is 0. The Kier molecular flexibility index (Phi) is 2.91. The van der Waals surface area contributed by atoms with Crippen LogP contribution in [0.2, 0.25) is 0 Å². The maximum Gasteiger partial charge on any atom is 0.130 e. The number of halogens is 1. The molecule has 1 nitrogen and oxygen atoms in total. The highest BCUT2D eigenvalue weighted by Crippen LogP contribution is 2.30. The van der Waals surface area contributed by atoms with Crippen LogP contribution in [-0.2, 0) is 6.42 Å². The van der Waals surface area contributed by atoms with Crippen molar-refractivity contribution < 1.29 is 9.13 Å². The van der Waals surface area contributed by atoms with Crippen molar-refractivity contribution in [2.24, 2.45) is 0 Å². The Balaban J connectivity index is 2.27. The van der Waals surface area contributed by atoms with E-state index in [0.717, 1.165) is 23.3 Å². The van der Waals surface area contributed by atoms with E-state index in [1.54, 1.807) is 6.08 Å². The lowest BCUT2D eigenvalue weighted by atomic mass is 10.0. The average Bonchev–Trinajstić information content (AvgIpc) is 2.26. The van der Waals surface area contributed by atoms with Crippen molar-refractivity contribution in [1.29, 1.82) is 0 Å². The summed E-state index contributed by atoms with van der Waals surface area (Å²) in [6.07, 6.45) is 3.77. The molecule has 0 unspecified atom stereocenters. The largest absolute Gasteiger partial charge is 0.457 e. The number of para-hydroxylation sites is 1. The van der Waals surface area contributed by atoms with Crippen LogP contribution >= 0.6 is 0 Å². The maximum absolute atomic E-state index is 12.5. The second kappa shape index (κ2) is 4.35. The molecule has 0 fully saturated rings. The van der Waals surface area contributed by atoms with E-state index in [1.165, 1.54) is 6.08 Å². The average molecular weight is 216 g/mol. The smallest absolute Gasteiger partial charge is 0.130 e. The molecule has 0 bridgehead atoms. The summed E-state index contributed by atoms with van der Waals surface area (Å²) in [5, 5.41) is 0. The first-order valence-corrected chi connectivity index (χ1v) is 5.15. The van der Waals surface area contributed by atoms with Crippen LogP contribution in [0.15, 0.2) is 60.2 Å². The third-order valence-electron chi connectivity index (χ3n) is 2.48. The molecule has 16 heavy (non-hydrogen) atoms. The van der Waals surface area contributed by atoms with Crippen LogP contribution < -0.4 is 4.74 Å². The van der Waals surface area contributed by atoms with Gasteiger partial charge in [0.15, 0.2) is 0 Å². The molecule has 0 radical (unpaired) electrons. The molecule has 1 aromatic carbocycles. The van der Waals surface area contributed by atoms with Crippen molar-refractivity contribution in [1.82, 2.24) is 0 Å². The quantitative estimate of drug-likeness (QED) is 0.680. The van der Waals surface area contributed by atoms with E-state index < -0.39 is 5.83 Å². The van der Waals surface area contributed by atoms with Gasteiger partial charge in [0, 0.05) is 6.42 Å². The topological polar surface area (TPSA) is 9.23 Å². The lowest BCUT2D eigenvalue weighted by Gasteiger charge is -2.19. The highest BCUT2D eigenvalue weighted by molar-refractivity contribution is 5.43. The Labute approximate surface area is 94.6 Å². The summed E-state index contributed by atoms with van der Waals surface area (Å²) in [4.78, 5) is 0. The molecule has 0 atom stereocenters. The van der Waals surface area contributed by atoms with Gasteiger partial charge in [-0.1, -0.05) is 24.8 Å². The third kappa shape index (κ3) is 2.22. The van der Waals surface area contributed by atoms with Gasteiger partial charge in [-0.3, -0.25) is 0 Å². The van der Waals surface area contributed by atoms with Crippen molar-refractivity contribution in [3.05, 3.63) is 65.7 Å². The summed E-state index contributed by atoms with van der Waals surface area (Å²) in [5.41, 5.74) is 2.26. The zero-order valence-electron chi connectivity index (χ0n) is 9.16. The molecule has 0 aromatic heterocycles. The summed E-state index contributed by atoms with van der Waals surface area (Å²) < 4.78 is 18.2. The molecule has 0 aliphatic carbocycles. The van der Waals surface area contributed by atoms with Crippen molar-refractivity contribution in [2.45, 2.75) is 13.3 Å². The SMILES string of the molecule is C=C(F)/C=C\C1=C(C)Cc2ccccc2O1. The fourth-order valence-electron chi connectivity index (χ4n) is 1.67. The molecule has 0 amide bonds. The number of fused-ring (bicyclic) bond motifs is 1. The van der Waals surface area contributed by atoms with Crippen LogP contribution in [-0.4, -0.2) is 0 Å². The summed E-state index contributed by atoms with van der Waals surface area (Å²) in [5.74, 6) is 1.08. The van der Waals surface area contributed by atoms with Gasteiger partial charge >= 0.3 is 0 Å². The van der Waals surface area contributed by atoms with Gasteiger partial charge in [-0.15, -0.1) is 0 Å². The molecule has 0 saturated heterocycles. The van der Waals surface area contributed by atoms with Gasteiger partial charge in [-0.05, 0) is 36.3 Å². The van der Waals surface area contributed by atoms with E-state index in [1.807, 2.05) is 31.2 Å². The highest BCUT2D eigenvalue weighted by Gasteiger charge is 2.14. The van der Waals surface area contributed by atoms with Crippen LogP contribution in [0.5, 0.6) is 5.75 Å². The lowest BCUT2D eigenvalue weighted by molar-refractivity contribution is 0.420. The lowest BCUT2D eigenvalue weighted by Crippen LogP contribution is -2.06. The Morgan fingerprint density at radius 2 is 2.19 bits per heavy atom. The molecular weight excluding hydrogens is 203 g/mol. The third-order valence-corrected chi connectivity index (χ3v) is 2.48. The van der Waals surface area contributed by atoms with Crippen LogP contribution in [0.25, 0.3) is 0 Å². The summed E-state index contributed by atoms with van der Waals surface area (Å²) in [6.45, 7) is 5.16. The van der Waals surface area contributed by atoms with Gasteiger partial charge in [-0.2, -0.15) is 0 Å². The molecule has 1 aromatic rings. The monoisotopic (exact) mass is 216 g/mol. The molecule has 2 rings (SSSR count). The summed E-state index contributed by atoms with van der Waals surface area (Å²) >= 11 is 0. The van der Waals surface area contributed by atoms with E-state index in [2.05, 4.69) is 6.58 Å². The van der Waals surface area contributed by atoms with E-state index in [-0.39, 0.29) is 0 Å². The van der Waals surface area contributed by atoms with E-state index in [0.29, 0.717) is 5.76 Å². The van der Waals surface area contributed by atoms with Crippen LogP contribution in [0.4, 0.5) is 4.39 Å². The van der Waals surface area contributed by atoms with Gasteiger partial charge in [0.05, 0.1) is 0 Å². The van der Waals surface area contributed by atoms with Crippen LogP contribution in [0.1, 0.15) is 12.5 Å². The van der Waals surface area contributed by atoms with E-state index in [4.69, 9.17) is 4.74 Å².